The Morgan fingerprint density at radius 1 is 1.35 bits per heavy atom. The summed E-state index contributed by atoms with van der Waals surface area (Å²) in [6.45, 7) is 0. The first-order valence-electron chi connectivity index (χ1n) is 6.01. The van der Waals surface area contributed by atoms with E-state index in [4.69, 9.17) is 5.73 Å². The van der Waals surface area contributed by atoms with Crippen molar-refractivity contribution in [1.29, 1.82) is 0 Å². The van der Waals surface area contributed by atoms with E-state index in [9.17, 15) is 9.90 Å². The summed E-state index contributed by atoms with van der Waals surface area (Å²) in [5.74, 6) is -0.0992. The minimum absolute atomic E-state index is 0.186. The van der Waals surface area contributed by atoms with E-state index in [1.807, 2.05) is 0 Å². The van der Waals surface area contributed by atoms with Gasteiger partial charge in [0.25, 0.3) is 0 Å². The quantitative estimate of drug-likeness (QED) is 0.746. The van der Waals surface area contributed by atoms with Crippen molar-refractivity contribution in [2.45, 2.75) is 12.5 Å². The zero-order chi connectivity index (χ0) is 14.5. The number of phenolic OH excluding ortho intramolecular Hbond substituents is 1. The predicted octanol–water partition coefficient (Wildman–Crippen LogP) is 2.06. The molecule has 1 atom stereocenters. The number of hydrogen-bond donors (Lipinski definition) is 3. The van der Waals surface area contributed by atoms with E-state index < -0.39 is 6.04 Å². The number of carbonyl (C=O) groups excluding carboxylic acids is 1. The van der Waals surface area contributed by atoms with Crippen LogP contribution in [-0.4, -0.2) is 22.0 Å². The number of carbonyl (C=O) groups is 1. The second-order valence-corrected chi connectivity index (χ2v) is 5.06. The van der Waals surface area contributed by atoms with Crippen LogP contribution in [0.4, 0.5) is 5.69 Å². The number of halogens is 1. The SMILES string of the molecule is N[C@@H](Cc1ccc(O)cc1)C(=O)Nc1cccnc1Br. The molecule has 2 rings (SSSR count). The van der Waals surface area contributed by atoms with Crippen molar-refractivity contribution in [3.05, 3.63) is 52.8 Å². The molecule has 2 aromatic rings. The molecule has 0 fully saturated rings. The molecule has 1 amide bonds. The van der Waals surface area contributed by atoms with Crippen LogP contribution in [0.25, 0.3) is 0 Å². The molecular weight excluding hydrogens is 322 g/mol. The Morgan fingerprint density at radius 3 is 2.70 bits per heavy atom. The minimum atomic E-state index is -0.674. The maximum Gasteiger partial charge on any atom is 0.241 e. The van der Waals surface area contributed by atoms with Crippen molar-refractivity contribution in [2.24, 2.45) is 5.73 Å². The average Bonchev–Trinajstić information content (AvgIpc) is 2.44. The van der Waals surface area contributed by atoms with E-state index in [-0.39, 0.29) is 11.7 Å². The molecular formula is C14H14BrN3O2. The highest BCUT2D eigenvalue weighted by Crippen LogP contribution is 2.18. The summed E-state index contributed by atoms with van der Waals surface area (Å²) < 4.78 is 0.560. The highest BCUT2D eigenvalue weighted by atomic mass is 79.9. The van der Waals surface area contributed by atoms with Crippen molar-refractivity contribution in [1.82, 2.24) is 4.98 Å². The van der Waals surface area contributed by atoms with Gasteiger partial charge in [0.15, 0.2) is 0 Å². The standard InChI is InChI=1S/C14H14BrN3O2/c15-13-12(2-1-7-17-13)18-14(20)11(16)8-9-3-5-10(19)6-4-9/h1-7,11,19H,8,16H2,(H,18,20)/t11-/m0/s1. The maximum atomic E-state index is 12.0. The molecule has 0 aliphatic rings. The summed E-state index contributed by atoms with van der Waals surface area (Å²) in [6, 6.07) is 9.40. The lowest BCUT2D eigenvalue weighted by Gasteiger charge is -2.13. The highest BCUT2D eigenvalue weighted by Gasteiger charge is 2.15. The molecule has 0 aliphatic carbocycles. The number of nitrogens with zero attached hydrogens (tertiary/aromatic N) is 1. The third-order valence-corrected chi connectivity index (χ3v) is 3.38. The summed E-state index contributed by atoms with van der Waals surface area (Å²) in [5.41, 5.74) is 7.34. The van der Waals surface area contributed by atoms with Gasteiger partial charge in [0.2, 0.25) is 5.91 Å². The number of phenols is 1. The number of nitrogens with two attached hydrogens (primary N) is 1. The van der Waals surface area contributed by atoms with Crippen LogP contribution < -0.4 is 11.1 Å². The van der Waals surface area contributed by atoms with Crippen molar-refractivity contribution >= 4 is 27.5 Å². The van der Waals surface area contributed by atoms with Crippen LogP contribution >= 0.6 is 15.9 Å². The molecule has 0 aliphatic heterocycles. The number of amides is 1. The van der Waals surface area contributed by atoms with E-state index in [1.165, 1.54) is 0 Å². The lowest BCUT2D eigenvalue weighted by molar-refractivity contribution is -0.117. The predicted molar refractivity (Wildman–Crippen MR) is 80.4 cm³/mol. The zero-order valence-electron chi connectivity index (χ0n) is 10.6. The maximum absolute atomic E-state index is 12.0. The molecule has 0 saturated carbocycles. The summed E-state index contributed by atoms with van der Waals surface area (Å²) in [4.78, 5) is 16.0. The Kier molecular flexibility index (Phi) is 4.70. The minimum Gasteiger partial charge on any atom is -0.508 e. The largest absolute Gasteiger partial charge is 0.508 e. The van der Waals surface area contributed by atoms with Gasteiger partial charge in [-0.1, -0.05) is 12.1 Å². The van der Waals surface area contributed by atoms with Crippen LogP contribution in [0.15, 0.2) is 47.2 Å². The molecule has 6 heteroatoms. The van der Waals surface area contributed by atoms with Gasteiger partial charge in [0.05, 0.1) is 11.7 Å². The van der Waals surface area contributed by atoms with Crippen molar-refractivity contribution in [3.63, 3.8) is 0 Å². The number of rotatable bonds is 4. The number of hydrogen-bond acceptors (Lipinski definition) is 4. The van der Waals surface area contributed by atoms with Crippen LogP contribution in [0.3, 0.4) is 0 Å². The van der Waals surface area contributed by atoms with Crippen molar-refractivity contribution in [3.8, 4) is 5.75 Å². The molecule has 0 saturated heterocycles. The Bertz CT molecular complexity index is 602. The Morgan fingerprint density at radius 2 is 2.05 bits per heavy atom. The summed E-state index contributed by atoms with van der Waals surface area (Å²) in [6.07, 6.45) is 2.01. The topological polar surface area (TPSA) is 88.2 Å². The van der Waals surface area contributed by atoms with Gasteiger partial charge in [-0.25, -0.2) is 4.98 Å². The van der Waals surface area contributed by atoms with Crippen molar-refractivity contribution < 1.29 is 9.90 Å². The monoisotopic (exact) mass is 335 g/mol. The van der Waals surface area contributed by atoms with Crippen LogP contribution in [0.5, 0.6) is 5.75 Å². The molecule has 1 aromatic carbocycles. The molecule has 1 aromatic heterocycles. The van der Waals surface area contributed by atoms with Gasteiger partial charge < -0.3 is 16.2 Å². The lowest BCUT2D eigenvalue weighted by atomic mass is 10.1. The Labute approximate surface area is 125 Å². The summed E-state index contributed by atoms with van der Waals surface area (Å²) >= 11 is 3.25. The van der Waals surface area contributed by atoms with Gasteiger partial charge in [-0.15, -0.1) is 0 Å². The number of anilines is 1. The van der Waals surface area contributed by atoms with E-state index >= 15 is 0 Å². The average molecular weight is 336 g/mol. The number of aromatic nitrogens is 1. The van der Waals surface area contributed by atoms with Gasteiger partial charge in [-0.3, -0.25) is 4.79 Å². The van der Waals surface area contributed by atoms with Crippen LogP contribution in [-0.2, 0) is 11.2 Å². The number of pyridine rings is 1. The molecule has 0 bridgehead atoms. The highest BCUT2D eigenvalue weighted by molar-refractivity contribution is 9.10. The first-order valence-corrected chi connectivity index (χ1v) is 6.80. The smallest absolute Gasteiger partial charge is 0.241 e. The fraction of sp³-hybridized carbons (Fsp3) is 0.143. The second-order valence-electron chi connectivity index (χ2n) is 4.31. The summed E-state index contributed by atoms with van der Waals surface area (Å²) in [5, 5.41) is 11.9. The third-order valence-electron chi connectivity index (χ3n) is 2.75. The molecule has 0 unspecified atom stereocenters. The lowest BCUT2D eigenvalue weighted by Crippen LogP contribution is -2.37. The molecule has 1 heterocycles. The van der Waals surface area contributed by atoms with Gasteiger partial charge >= 0.3 is 0 Å². The van der Waals surface area contributed by atoms with E-state index in [2.05, 4.69) is 26.2 Å². The fourth-order valence-electron chi connectivity index (χ4n) is 1.68. The molecule has 4 N–H and O–H groups in total. The van der Waals surface area contributed by atoms with Gasteiger partial charge in [0, 0.05) is 6.20 Å². The first kappa shape index (κ1) is 14.5. The van der Waals surface area contributed by atoms with Crippen LogP contribution in [0, 0.1) is 0 Å². The number of aromatic hydroxyl groups is 1. The Hall–Kier alpha value is -1.92. The number of nitrogens with one attached hydrogen (secondary N) is 1. The summed E-state index contributed by atoms with van der Waals surface area (Å²) in [7, 11) is 0. The van der Waals surface area contributed by atoms with Gasteiger partial charge in [-0.05, 0) is 52.2 Å². The fourth-order valence-corrected chi connectivity index (χ4v) is 2.03. The van der Waals surface area contributed by atoms with Crippen molar-refractivity contribution in [2.75, 3.05) is 5.32 Å². The molecule has 104 valence electrons. The van der Waals surface area contributed by atoms with E-state index in [1.54, 1.807) is 42.6 Å². The first-order chi connectivity index (χ1) is 9.56. The van der Waals surface area contributed by atoms with Crippen LogP contribution in [0.1, 0.15) is 5.56 Å². The molecule has 20 heavy (non-hydrogen) atoms. The third kappa shape index (κ3) is 3.79. The van der Waals surface area contributed by atoms with Gasteiger partial charge in [0.1, 0.15) is 10.4 Å². The molecule has 0 radical (unpaired) electrons. The molecule has 5 nitrogen and oxygen atoms in total. The number of benzene rings is 1. The second kappa shape index (κ2) is 6.49. The molecule has 0 spiro atoms. The van der Waals surface area contributed by atoms with E-state index in [0.29, 0.717) is 16.7 Å². The zero-order valence-corrected chi connectivity index (χ0v) is 12.2. The van der Waals surface area contributed by atoms with E-state index in [0.717, 1.165) is 5.56 Å². The normalized spacial score (nSPS) is 11.9. The van der Waals surface area contributed by atoms with Crippen LogP contribution in [0.2, 0.25) is 0 Å². The van der Waals surface area contributed by atoms with Gasteiger partial charge in [-0.2, -0.15) is 0 Å². The Balaban J connectivity index is 1.99.